The summed E-state index contributed by atoms with van der Waals surface area (Å²) in [6.45, 7) is 5.79. The maximum atomic E-state index is 9.01. The summed E-state index contributed by atoms with van der Waals surface area (Å²) in [7, 11) is 1.66. The van der Waals surface area contributed by atoms with Gasteiger partial charge in [-0.25, -0.2) is 9.97 Å². The van der Waals surface area contributed by atoms with Crippen LogP contribution in [-0.4, -0.2) is 48.5 Å². The van der Waals surface area contributed by atoms with Crippen molar-refractivity contribution in [2.45, 2.75) is 13.8 Å². The standard InChI is InChI=1S/C11H19N3O2/c1-9-8-11(13-10(2)12-9)14(4-6-15)5-7-16-3/h8,15H,4-7H2,1-3H3. The molecule has 0 aromatic carbocycles. The van der Waals surface area contributed by atoms with Crippen LogP contribution in [0.3, 0.4) is 0 Å². The molecule has 0 fully saturated rings. The molecule has 0 atom stereocenters. The molecule has 0 unspecified atom stereocenters. The molecular formula is C11H19N3O2. The van der Waals surface area contributed by atoms with Gasteiger partial charge in [-0.15, -0.1) is 0 Å². The second-order valence-electron chi connectivity index (χ2n) is 3.62. The van der Waals surface area contributed by atoms with Crippen molar-refractivity contribution >= 4 is 5.82 Å². The van der Waals surface area contributed by atoms with E-state index in [0.29, 0.717) is 19.7 Å². The van der Waals surface area contributed by atoms with Crippen LogP contribution in [0.25, 0.3) is 0 Å². The number of anilines is 1. The normalized spacial score (nSPS) is 10.5. The van der Waals surface area contributed by atoms with Gasteiger partial charge < -0.3 is 14.7 Å². The van der Waals surface area contributed by atoms with Crippen LogP contribution in [0.15, 0.2) is 6.07 Å². The topological polar surface area (TPSA) is 58.5 Å². The van der Waals surface area contributed by atoms with Crippen LogP contribution in [0.5, 0.6) is 0 Å². The zero-order valence-corrected chi connectivity index (χ0v) is 10.1. The van der Waals surface area contributed by atoms with E-state index < -0.39 is 0 Å². The number of hydrogen-bond acceptors (Lipinski definition) is 5. The molecule has 0 bridgehead atoms. The number of aliphatic hydroxyl groups excluding tert-OH is 1. The van der Waals surface area contributed by atoms with Gasteiger partial charge in [0.1, 0.15) is 11.6 Å². The smallest absolute Gasteiger partial charge is 0.132 e. The zero-order chi connectivity index (χ0) is 12.0. The minimum atomic E-state index is 0.103. The van der Waals surface area contributed by atoms with Crippen molar-refractivity contribution in [1.29, 1.82) is 0 Å². The van der Waals surface area contributed by atoms with Crippen molar-refractivity contribution in [1.82, 2.24) is 9.97 Å². The van der Waals surface area contributed by atoms with Crippen molar-refractivity contribution in [2.24, 2.45) is 0 Å². The van der Waals surface area contributed by atoms with E-state index in [1.54, 1.807) is 7.11 Å². The first-order chi connectivity index (χ1) is 7.67. The van der Waals surface area contributed by atoms with Gasteiger partial charge in [-0.2, -0.15) is 0 Å². The third kappa shape index (κ3) is 3.75. The fourth-order valence-corrected chi connectivity index (χ4v) is 1.52. The molecule has 1 heterocycles. The van der Waals surface area contributed by atoms with Gasteiger partial charge in [0, 0.05) is 32.0 Å². The monoisotopic (exact) mass is 225 g/mol. The number of rotatable bonds is 6. The molecule has 0 amide bonds. The second-order valence-corrected chi connectivity index (χ2v) is 3.62. The summed E-state index contributed by atoms with van der Waals surface area (Å²) in [5, 5.41) is 9.01. The molecule has 0 aliphatic rings. The van der Waals surface area contributed by atoms with E-state index in [4.69, 9.17) is 9.84 Å². The van der Waals surface area contributed by atoms with E-state index >= 15 is 0 Å². The van der Waals surface area contributed by atoms with Crippen LogP contribution in [0.4, 0.5) is 5.82 Å². The van der Waals surface area contributed by atoms with Crippen LogP contribution >= 0.6 is 0 Å². The van der Waals surface area contributed by atoms with Gasteiger partial charge in [0.05, 0.1) is 13.2 Å². The molecule has 1 aromatic heterocycles. The number of aryl methyl sites for hydroxylation is 2. The number of methoxy groups -OCH3 is 1. The Morgan fingerprint density at radius 1 is 1.31 bits per heavy atom. The van der Waals surface area contributed by atoms with Gasteiger partial charge in [-0.05, 0) is 13.8 Å². The van der Waals surface area contributed by atoms with Crippen LogP contribution in [0.2, 0.25) is 0 Å². The molecule has 1 aromatic rings. The molecule has 90 valence electrons. The second kappa shape index (κ2) is 6.40. The summed E-state index contributed by atoms with van der Waals surface area (Å²) in [6.07, 6.45) is 0. The van der Waals surface area contributed by atoms with E-state index in [-0.39, 0.29) is 6.61 Å². The van der Waals surface area contributed by atoms with Crippen LogP contribution in [0.1, 0.15) is 11.5 Å². The molecule has 0 aliphatic carbocycles. The summed E-state index contributed by atoms with van der Waals surface area (Å²) >= 11 is 0. The lowest BCUT2D eigenvalue weighted by Crippen LogP contribution is -2.31. The quantitative estimate of drug-likeness (QED) is 0.765. The SMILES string of the molecule is COCCN(CCO)c1cc(C)nc(C)n1. The van der Waals surface area contributed by atoms with E-state index in [1.807, 2.05) is 24.8 Å². The molecule has 0 saturated heterocycles. The highest BCUT2D eigenvalue weighted by Gasteiger charge is 2.08. The van der Waals surface area contributed by atoms with Crippen molar-refractivity contribution < 1.29 is 9.84 Å². The van der Waals surface area contributed by atoms with Crippen molar-refractivity contribution in [3.8, 4) is 0 Å². The number of hydrogen-bond donors (Lipinski definition) is 1. The molecule has 0 saturated carbocycles. The number of aliphatic hydroxyl groups is 1. The Morgan fingerprint density at radius 3 is 2.62 bits per heavy atom. The Hall–Kier alpha value is -1.20. The molecular weight excluding hydrogens is 206 g/mol. The Kier molecular flexibility index (Phi) is 5.14. The largest absolute Gasteiger partial charge is 0.395 e. The van der Waals surface area contributed by atoms with Crippen LogP contribution in [-0.2, 0) is 4.74 Å². The molecule has 5 heteroatoms. The number of nitrogens with zero attached hydrogens (tertiary/aromatic N) is 3. The fraction of sp³-hybridized carbons (Fsp3) is 0.636. The van der Waals surface area contributed by atoms with Gasteiger partial charge in [0.2, 0.25) is 0 Å². The number of ether oxygens (including phenoxy) is 1. The first kappa shape index (κ1) is 12.9. The molecule has 5 nitrogen and oxygen atoms in total. The lowest BCUT2D eigenvalue weighted by atomic mass is 10.3. The van der Waals surface area contributed by atoms with E-state index in [0.717, 1.165) is 17.3 Å². The summed E-state index contributed by atoms with van der Waals surface area (Å²) < 4.78 is 5.03. The predicted octanol–water partition coefficient (Wildman–Crippen LogP) is 0.539. The predicted molar refractivity (Wildman–Crippen MR) is 62.7 cm³/mol. The van der Waals surface area contributed by atoms with Crippen molar-refractivity contribution in [2.75, 3.05) is 38.3 Å². The highest BCUT2D eigenvalue weighted by atomic mass is 16.5. The molecule has 0 spiro atoms. The molecule has 0 radical (unpaired) electrons. The van der Waals surface area contributed by atoms with Gasteiger partial charge >= 0.3 is 0 Å². The molecule has 1 N–H and O–H groups in total. The third-order valence-electron chi connectivity index (χ3n) is 2.21. The first-order valence-electron chi connectivity index (χ1n) is 5.34. The Morgan fingerprint density at radius 2 is 2.06 bits per heavy atom. The molecule has 0 aliphatic heterocycles. The number of aromatic nitrogens is 2. The first-order valence-corrected chi connectivity index (χ1v) is 5.34. The van der Waals surface area contributed by atoms with Crippen molar-refractivity contribution in [3.63, 3.8) is 0 Å². The van der Waals surface area contributed by atoms with Gasteiger partial charge in [0.25, 0.3) is 0 Å². The minimum Gasteiger partial charge on any atom is -0.395 e. The zero-order valence-electron chi connectivity index (χ0n) is 10.1. The summed E-state index contributed by atoms with van der Waals surface area (Å²) in [5.41, 5.74) is 0.933. The lowest BCUT2D eigenvalue weighted by molar-refractivity contribution is 0.202. The Balaban J connectivity index is 2.82. The lowest BCUT2D eigenvalue weighted by Gasteiger charge is -2.22. The van der Waals surface area contributed by atoms with Crippen molar-refractivity contribution in [3.05, 3.63) is 17.6 Å². The van der Waals surface area contributed by atoms with E-state index in [2.05, 4.69) is 9.97 Å². The van der Waals surface area contributed by atoms with Gasteiger partial charge in [0.15, 0.2) is 0 Å². The fourth-order valence-electron chi connectivity index (χ4n) is 1.52. The minimum absolute atomic E-state index is 0.103. The third-order valence-corrected chi connectivity index (χ3v) is 2.21. The average molecular weight is 225 g/mol. The average Bonchev–Trinajstić information content (AvgIpc) is 2.22. The van der Waals surface area contributed by atoms with Crippen LogP contribution in [0, 0.1) is 13.8 Å². The molecule has 16 heavy (non-hydrogen) atoms. The summed E-state index contributed by atoms with van der Waals surface area (Å²) in [6, 6.07) is 1.92. The Labute approximate surface area is 96.1 Å². The maximum Gasteiger partial charge on any atom is 0.132 e. The van der Waals surface area contributed by atoms with E-state index in [1.165, 1.54) is 0 Å². The van der Waals surface area contributed by atoms with Crippen LogP contribution < -0.4 is 4.90 Å². The summed E-state index contributed by atoms with van der Waals surface area (Å²) in [5.74, 6) is 1.59. The van der Waals surface area contributed by atoms with Gasteiger partial charge in [-0.3, -0.25) is 0 Å². The maximum absolute atomic E-state index is 9.01. The highest BCUT2D eigenvalue weighted by Crippen LogP contribution is 2.11. The molecule has 1 rings (SSSR count). The van der Waals surface area contributed by atoms with E-state index in [9.17, 15) is 0 Å². The highest BCUT2D eigenvalue weighted by molar-refractivity contribution is 5.39. The van der Waals surface area contributed by atoms with Gasteiger partial charge in [-0.1, -0.05) is 0 Å². The Bertz CT molecular complexity index is 311. The summed E-state index contributed by atoms with van der Waals surface area (Å²) in [4.78, 5) is 10.6.